The van der Waals surface area contributed by atoms with Gasteiger partial charge in [-0.3, -0.25) is 4.79 Å². The van der Waals surface area contributed by atoms with Crippen LogP contribution in [0.1, 0.15) is 16.2 Å². The summed E-state index contributed by atoms with van der Waals surface area (Å²) in [4.78, 5) is 14.7. The lowest BCUT2D eigenvalue weighted by Gasteiger charge is -1.91. The van der Waals surface area contributed by atoms with Gasteiger partial charge in [-0.05, 0) is 29.3 Å². The molecule has 3 nitrogen and oxygen atoms in total. The molecule has 0 saturated carbocycles. The van der Waals surface area contributed by atoms with Crippen molar-refractivity contribution in [1.29, 1.82) is 0 Å². The Balaban J connectivity index is 2.60. The van der Waals surface area contributed by atoms with Gasteiger partial charge in [-0.1, -0.05) is 22.0 Å². The molecule has 14 heavy (non-hydrogen) atoms. The van der Waals surface area contributed by atoms with Crippen molar-refractivity contribution in [1.82, 2.24) is 4.98 Å². The highest BCUT2D eigenvalue weighted by molar-refractivity contribution is 9.08. The van der Waals surface area contributed by atoms with E-state index in [4.69, 9.17) is 16.0 Å². The van der Waals surface area contributed by atoms with Gasteiger partial charge in [0.05, 0.1) is 0 Å². The van der Waals surface area contributed by atoms with Crippen LogP contribution in [0.5, 0.6) is 0 Å². The number of hydrogen-bond donors (Lipinski definition) is 0. The van der Waals surface area contributed by atoms with Gasteiger partial charge in [-0.25, -0.2) is 4.98 Å². The number of alkyl halides is 1. The fourth-order valence-corrected chi connectivity index (χ4v) is 1.57. The molecule has 1 aromatic carbocycles. The molecule has 0 fully saturated rings. The molecule has 0 aliphatic rings. The number of rotatable bonds is 2. The molecule has 1 aromatic heterocycles. The molecule has 0 amide bonds. The zero-order chi connectivity index (χ0) is 10.1. The molecule has 0 saturated heterocycles. The Labute approximate surface area is 93.2 Å². The summed E-state index contributed by atoms with van der Waals surface area (Å²) in [5.74, 6) is -0.0617. The fourth-order valence-electron chi connectivity index (χ4n) is 1.14. The normalized spacial score (nSPS) is 10.7. The summed E-state index contributed by atoms with van der Waals surface area (Å²) in [6.45, 7) is 0. The van der Waals surface area contributed by atoms with Crippen LogP contribution in [-0.2, 0) is 5.33 Å². The van der Waals surface area contributed by atoms with Gasteiger partial charge in [0, 0.05) is 5.33 Å². The van der Waals surface area contributed by atoms with Gasteiger partial charge in [0.2, 0.25) is 0 Å². The molecular weight excluding hydrogens is 269 g/mol. The van der Waals surface area contributed by atoms with E-state index < -0.39 is 5.24 Å². The van der Waals surface area contributed by atoms with Crippen molar-refractivity contribution in [3.8, 4) is 0 Å². The number of fused-ring (bicyclic) bond motifs is 1. The number of halogens is 2. The first kappa shape index (κ1) is 9.68. The second-order valence-corrected chi connectivity index (χ2v) is 3.63. The van der Waals surface area contributed by atoms with Crippen molar-refractivity contribution in [3.05, 3.63) is 29.7 Å². The summed E-state index contributed by atoms with van der Waals surface area (Å²) in [7, 11) is 0. The van der Waals surface area contributed by atoms with E-state index in [2.05, 4.69) is 20.9 Å². The van der Waals surface area contributed by atoms with Gasteiger partial charge >= 0.3 is 5.24 Å². The number of aromatic nitrogens is 1. The van der Waals surface area contributed by atoms with Gasteiger partial charge in [0.15, 0.2) is 5.58 Å². The van der Waals surface area contributed by atoms with Crippen molar-refractivity contribution in [2.75, 3.05) is 0 Å². The Morgan fingerprint density at radius 3 is 3.00 bits per heavy atom. The predicted molar refractivity (Wildman–Crippen MR) is 56.8 cm³/mol. The molecule has 0 N–H and O–H groups in total. The molecule has 0 spiro atoms. The highest BCUT2D eigenvalue weighted by Crippen LogP contribution is 2.19. The maximum absolute atomic E-state index is 10.8. The van der Waals surface area contributed by atoms with Gasteiger partial charge in [0.1, 0.15) is 5.52 Å². The zero-order valence-electron chi connectivity index (χ0n) is 6.96. The van der Waals surface area contributed by atoms with Crippen molar-refractivity contribution in [2.45, 2.75) is 5.33 Å². The minimum absolute atomic E-state index is 0.0617. The summed E-state index contributed by atoms with van der Waals surface area (Å²) >= 11 is 8.57. The highest BCUT2D eigenvalue weighted by atomic mass is 79.9. The van der Waals surface area contributed by atoms with E-state index in [1.807, 2.05) is 12.1 Å². The van der Waals surface area contributed by atoms with Crippen LogP contribution in [0.25, 0.3) is 11.1 Å². The van der Waals surface area contributed by atoms with E-state index in [-0.39, 0.29) is 5.89 Å². The molecule has 1 heterocycles. The van der Waals surface area contributed by atoms with Crippen LogP contribution in [0.2, 0.25) is 0 Å². The van der Waals surface area contributed by atoms with E-state index in [0.29, 0.717) is 11.1 Å². The summed E-state index contributed by atoms with van der Waals surface area (Å²) in [6, 6.07) is 5.52. The molecule has 0 radical (unpaired) electrons. The molecular formula is C9H5BrClNO2. The Kier molecular flexibility index (Phi) is 2.56. The molecule has 0 aliphatic carbocycles. The van der Waals surface area contributed by atoms with E-state index in [9.17, 15) is 4.79 Å². The maximum atomic E-state index is 10.8. The van der Waals surface area contributed by atoms with Crippen molar-refractivity contribution in [3.63, 3.8) is 0 Å². The Morgan fingerprint density at radius 2 is 2.36 bits per heavy atom. The van der Waals surface area contributed by atoms with Crippen molar-refractivity contribution < 1.29 is 9.21 Å². The largest absolute Gasteiger partial charge is 0.433 e. The van der Waals surface area contributed by atoms with Crippen molar-refractivity contribution >= 4 is 43.9 Å². The average molecular weight is 275 g/mol. The SMILES string of the molecule is O=C(Cl)c1nc2ccc(CBr)cc2o1. The van der Waals surface area contributed by atoms with Crippen LogP contribution in [0.3, 0.4) is 0 Å². The topological polar surface area (TPSA) is 43.1 Å². The number of hydrogen-bond acceptors (Lipinski definition) is 3. The van der Waals surface area contributed by atoms with E-state index in [1.165, 1.54) is 0 Å². The third-order valence-electron chi connectivity index (χ3n) is 1.78. The van der Waals surface area contributed by atoms with E-state index in [1.54, 1.807) is 6.07 Å². The molecule has 72 valence electrons. The summed E-state index contributed by atoms with van der Waals surface area (Å²) in [5.41, 5.74) is 2.27. The molecule has 0 aliphatic heterocycles. The lowest BCUT2D eigenvalue weighted by molar-refractivity contribution is 0.105. The van der Waals surface area contributed by atoms with E-state index in [0.717, 1.165) is 10.9 Å². The van der Waals surface area contributed by atoms with Gasteiger partial charge in [-0.2, -0.15) is 0 Å². The zero-order valence-corrected chi connectivity index (χ0v) is 9.30. The molecule has 0 bridgehead atoms. The lowest BCUT2D eigenvalue weighted by atomic mass is 10.2. The highest BCUT2D eigenvalue weighted by Gasteiger charge is 2.11. The van der Waals surface area contributed by atoms with Crippen molar-refractivity contribution in [2.24, 2.45) is 0 Å². The molecule has 2 aromatic rings. The number of oxazole rings is 1. The fraction of sp³-hybridized carbons (Fsp3) is 0.111. The standard InChI is InChI=1S/C9H5BrClNO2/c10-4-5-1-2-6-7(3-5)14-9(12-6)8(11)13/h1-3H,4H2. The number of nitrogens with zero attached hydrogens (tertiary/aromatic N) is 1. The quantitative estimate of drug-likeness (QED) is 0.624. The van der Waals surface area contributed by atoms with Crippen LogP contribution < -0.4 is 0 Å². The minimum Gasteiger partial charge on any atom is -0.433 e. The van der Waals surface area contributed by atoms with Crippen LogP contribution >= 0.6 is 27.5 Å². The van der Waals surface area contributed by atoms with Crippen LogP contribution in [0, 0.1) is 0 Å². The number of carbonyl (C=O) groups is 1. The second kappa shape index (κ2) is 3.71. The molecule has 2 rings (SSSR count). The summed E-state index contributed by atoms with van der Waals surface area (Å²) in [5, 5.41) is 0.0509. The predicted octanol–water partition coefficient (Wildman–Crippen LogP) is 3.10. The van der Waals surface area contributed by atoms with E-state index >= 15 is 0 Å². The monoisotopic (exact) mass is 273 g/mol. The average Bonchev–Trinajstić information content (AvgIpc) is 2.59. The molecule has 0 unspecified atom stereocenters. The molecule has 0 atom stereocenters. The third kappa shape index (κ3) is 1.67. The lowest BCUT2D eigenvalue weighted by Crippen LogP contribution is -1.85. The first-order chi connectivity index (χ1) is 6.70. The summed E-state index contributed by atoms with van der Waals surface area (Å²) in [6.07, 6.45) is 0. The molecule has 5 heteroatoms. The van der Waals surface area contributed by atoms with Gasteiger partial charge in [0.25, 0.3) is 5.89 Å². The smallest absolute Gasteiger partial charge is 0.307 e. The van der Waals surface area contributed by atoms with Crippen LogP contribution in [-0.4, -0.2) is 10.2 Å². The summed E-state index contributed by atoms with van der Waals surface area (Å²) < 4.78 is 5.16. The van der Waals surface area contributed by atoms with Crippen LogP contribution in [0.4, 0.5) is 0 Å². The van der Waals surface area contributed by atoms with Gasteiger partial charge < -0.3 is 4.42 Å². The second-order valence-electron chi connectivity index (χ2n) is 2.73. The number of benzene rings is 1. The Bertz CT molecular complexity index is 495. The first-order valence-electron chi connectivity index (χ1n) is 3.86. The third-order valence-corrected chi connectivity index (χ3v) is 2.58. The van der Waals surface area contributed by atoms with Gasteiger partial charge in [-0.15, -0.1) is 0 Å². The number of carbonyl (C=O) groups excluding carboxylic acids is 1. The Morgan fingerprint density at radius 1 is 1.57 bits per heavy atom. The van der Waals surface area contributed by atoms with Crippen LogP contribution in [0.15, 0.2) is 22.6 Å². The Hall–Kier alpha value is -0.870. The first-order valence-corrected chi connectivity index (χ1v) is 5.36. The maximum Gasteiger partial charge on any atom is 0.307 e. The minimum atomic E-state index is -0.679.